The van der Waals surface area contributed by atoms with Gasteiger partial charge in [-0.3, -0.25) is 24.2 Å². The summed E-state index contributed by atoms with van der Waals surface area (Å²) in [6, 6.07) is 58.2. The van der Waals surface area contributed by atoms with Crippen LogP contribution in [0.2, 0.25) is 0 Å². The second kappa shape index (κ2) is 30.5. The first kappa shape index (κ1) is 54.1. The summed E-state index contributed by atoms with van der Waals surface area (Å²) in [6.45, 7) is 16.1. The molecular weight excluding hydrogens is 875 g/mol. The maximum absolute atomic E-state index is 13.6. The molecule has 2 fully saturated rings. The van der Waals surface area contributed by atoms with Crippen molar-refractivity contribution in [2.75, 3.05) is 52.4 Å². The SMILES string of the molecule is CCCCc1ccc(C=O)cc1.CCCCc1ccc(CN[C@@H](Cc2ccccc2)C(=O)N2CCN(Cc3ccccc3)CC2)cc1.C[C@@H](Cc1ccccc1)C(=O)N1CCN(Cc2ccccc2)CC1. The fourth-order valence-electron chi connectivity index (χ4n) is 9.21. The number of benzene rings is 6. The summed E-state index contributed by atoms with van der Waals surface area (Å²) in [7, 11) is 0. The molecule has 2 amide bonds. The Kier molecular flexibility index (Phi) is 23.3. The predicted molar refractivity (Wildman–Crippen MR) is 292 cm³/mol. The largest absolute Gasteiger partial charge is 0.340 e. The molecule has 0 bridgehead atoms. The zero-order valence-electron chi connectivity index (χ0n) is 42.8. The molecule has 0 spiro atoms. The lowest BCUT2D eigenvalue weighted by Crippen LogP contribution is -2.54. The Hall–Kier alpha value is -6.19. The van der Waals surface area contributed by atoms with Gasteiger partial charge >= 0.3 is 0 Å². The number of hydrogen-bond donors (Lipinski definition) is 1. The van der Waals surface area contributed by atoms with E-state index in [0.717, 1.165) is 96.6 Å². The molecule has 6 aromatic carbocycles. The summed E-state index contributed by atoms with van der Waals surface area (Å²) in [5.74, 6) is 0.555. The van der Waals surface area contributed by atoms with E-state index >= 15 is 0 Å². The summed E-state index contributed by atoms with van der Waals surface area (Å²) in [5, 5.41) is 3.59. The van der Waals surface area contributed by atoms with Gasteiger partial charge in [-0.2, -0.15) is 0 Å². The van der Waals surface area contributed by atoms with Gasteiger partial charge in [0.05, 0.1) is 6.04 Å². The van der Waals surface area contributed by atoms with E-state index in [9.17, 15) is 14.4 Å². The fraction of sp³-hybridized carbons (Fsp3) is 0.381. The molecule has 2 aliphatic heterocycles. The molecule has 2 saturated heterocycles. The highest BCUT2D eigenvalue weighted by atomic mass is 16.2. The Morgan fingerprint density at radius 3 is 1.27 bits per heavy atom. The third-order valence-corrected chi connectivity index (χ3v) is 13.6. The molecule has 0 saturated carbocycles. The monoisotopic (exact) mass is 954 g/mol. The van der Waals surface area contributed by atoms with Crippen LogP contribution >= 0.6 is 0 Å². The Bertz CT molecular complexity index is 2380. The Labute approximate surface area is 426 Å². The van der Waals surface area contributed by atoms with Crippen LogP contribution in [0.1, 0.15) is 95.8 Å². The molecule has 8 nitrogen and oxygen atoms in total. The minimum absolute atomic E-state index is 0.0491. The lowest BCUT2D eigenvalue weighted by molar-refractivity contribution is -0.137. The minimum atomic E-state index is -0.224. The van der Waals surface area contributed by atoms with E-state index in [1.165, 1.54) is 64.6 Å². The summed E-state index contributed by atoms with van der Waals surface area (Å²) in [5.41, 5.74) is 9.80. The normalized spacial score (nSPS) is 14.8. The Balaban J connectivity index is 0.000000197. The van der Waals surface area contributed by atoms with Crippen LogP contribution in [0, 0.1) is 5.92 Å². The van der Waals surface area contributed by atoms with Gasteiger partial charge in [-0.1, -0.05) is 203 Å². The van der Waals surface area contributed by atoms with Crippen LogP contribution in [-0.2, 0) is 54.9 Å². The zero-order chi connectivity index (χ0) is 49.9. The van der Waals surface area contributed by atoms with Gasteiger partial charge in [0.1, 0.15) is 6.29 Å². The van der Waals surface area contributed by atoms with Crippen LogP contribution in [-0.4, -0.2) is 96.1 Å². The lowest BCUT2D eigenvalue weighted by atomic mass is 9.99. The molecule has 6 aromatic rings. The average molecular weight is 954 g/mol. The second-order valence-electron chi connectivity index (χ2n) is 19.3. The molecule has 8 rings (SSSR count). The standard InChI is InChI=1S/C31H39N3O.C21H26N2O.C11H14O/c1-2-3-10-26-15-17-28(18-16-26)24-32-30(23-27-11-6-4-7-12-27)31(35)34-21-19-33(20-22-34)25-29-13-8-5-9-14-29;1-18(16-19-8-4-2-5-9-19)21(24)23-14-12-22(13-15-23)17-20-10-6-3-7-11-20;1-2-3-4-10-5-7-11(9-12)8-6-10/h4-9,11-18,30,32H,2-3,10,19-25H2,1H3;2-11,18H,12-17H2,1H3;5-9H,2-4H2,1H3/t30-;18-;/m00./s1. The molecule has 1 N–H and O–H groups in total. The highest BCUT2D eigenvalue weighted by Crippen LogP contribution is 2.17. The van der Waals surface area contributed by atoms with E-state index in [0.29, 0.717) is 18.9 Å². The number of unbranched alkanes of at least 4 members (excludes halogenated alkanes) is 2. The summed E-state index contributed by atoms with van der Waals surface area (Å²) >= 11 is 0. The first-order chi connectivity index (χ1) is 34.8. The molecule has 0 aromatic heterocycles. The molecule has 2 heterocycles. The molecule has 2 atom stereocenters. The van der Waals surface area contributed by atoms with Gasteiger partial charge in [0.15, 0.2) is 0 Å². The van der Waals surface area contributed by atoms with Crippen molar-refractivity contribution in [1.29, 1.82) is 0 Å². The van der Waals surface area contributed by atoms with E-state index in [1.54, 1.807) is 0 Å². The van der Waals surface area contributed by atoms with E-state index in [1.807, 2.05) is 78.6 Å². The zero-order valence-corrected chi connectivity index (χ0v) is 42.8. The highest BCUT2D eigenvalue weighted by Gasteiger charge is 2.28. The molecule has 374 valence electrons. The van der Waals surface area contributed by atoms with Gasteiger partial charge < -0.3 is 15.1 Å². The number of aryl methyl sites for hydroxylation is 2. The topological polar surface area (TPSA) is 76.2 Å². The van der Waals surface area contributed by atoms with Crippen molar-refractivity contribution in [3.63, 3.8) is 0 Å². The van der Waals surface area contributed by atoms with Crippen molar-refractivity contribution in [2.24, 2.45) is 5.92 Å². The van der Waals surface area contributed by atoms with Crippen LogP contribution in [0.3, 0.4) is 0 Å². The van der Waals surface area contributed by atoms with E-state index in [-0.39, 0.29) is 17.9 Å². The van der Waals surface area contributed by atoms with Crippen molar-refractivity contribution in [1.82, 2.24) is 24.9 Å². The molecule has 71 heavy (non-hydrogen) atoms. The first-order valence-corrected chi connectivity index (χ1v) is 26.3. The van der Waals surface area contributed by atoms with Gasteiger partial charge in [-0.15, -0.1) is 0 Å². The van der Waals surface area contributed by atoms with Crippen LogP contribution in [0.15, 0.2) is 170 Å². The Morgan fingerprint density at radius 1 is 0.465 bits per heavy atom. The number of piperazine rings is 2. The van der Waals surface area contributed by atoms with Crippen molar-refractivity contribution in [3.05, 3.63) is 214 Å². The second-order valence-corrected chi connectivity index (χ2v) is 19.3. The molecule has 2 aliphatic rings. The summed E-state index contributed by atoms with van der Waals surface area (Å²) < 4.78 is 0. The van der Waals surface area contributed by atoms with Crippen molar-refractivity contribution in [3.8, 4) is 0 Å². The smallest absolute Gasteiger partial charge is 0.240 e. The Morgan fingerprint density at radius 2 is 0.845 bits per heavy atom. The van der Waals surface area contributed by atoms with Gasteiger partial charge in [0.2, 0.25) is 11.8 Å². The number of nitrogens with one attached hydrogen (secondary N) is 1. The van der Waals surface area contributed by atoms with Crippen molar-refractivity contribution in [2.45, 2.75) is 97.8 Å². The van der Waals surface area contributed by atoms with Crippen LogP contribution < -0.4 is 5.32 Å². The van der Waals surface area contributed by atoms with Gasteiger partial charge in [0, 0.05) is 83.5 Å². The minimum Gasteiger partial charge on any atom is -0.340 e. The van der Waals surface area contributed by atoms with Crippen LogP contribution in [0.4, 0.5) is 0 Å². The maximum atomic E-state index is 13.6. The fourth-order valence-corrected chi connectivity index (χ4v) is 9.21. The molecule has 0 aliphatic carbocycles. The maximum Gasteiger partial charge on any atom is 0.240 e. The predicted octanol–water partition coefficient (Wildman–Crippen LogP) is 11.1. The van der Waals surface area contributed by atoms with Crippen molar-refractivity contribution < 1.29 is 14.4 Å². The molecular formula is C63H79N5O3. The number of nitrogens with zero attached hydrogens (tertiary/aromatic N) is 4. The van der Waals surface area contributed by atoms with Crippen molar-refractivity contribution >= 4 is 18.1 Å². The molecule has 0 unspecified atom stereocenters. The average Bonchev–Trinajstić information content (AvgIpc) is 3.43. The van der Waals surface area contributed by atoms with Crippen LogP contribution in [0.25, 0.3) is 0 Å². The number of carbonyl (C=O) groups excluding carboxylic acids is 3. The number of rotatable bonds is 20. The number of aldehydes is 1. The quantitative estimate of drug-likeness (QED) is 0.0769. The molecule has 0 radical (unpaired) electrons. The van der Waals surface area contributed by atoms with E-state index in [4.69, 9.17) is 0 Å². The number of hydrogen-bond acceptors (Lipinski definition) is 6. The highest BCUT2D eigenvalue weighted by molar-refractivity contribution is 5.82. The van der Waals surface area contributed by atoms with Gasteiger partial charge in [-0.25, -0.2) is 0 Å². The first-order valence-electron chi connectivity index (χ1n) is 26.3. The molecule has 8 heteroatoms. The summed E-state index contributed by atoms with van der Waals surface area (Å²) in [4.78, 5) is 45.6. The van der Waals surface area contributed by atoms with Gasteiger partial charge in [-0.05, 0) is 77.5 Å². The summed E-state index contributed by atoms with van der Waals surface area (Å²) in [6.07, 6.45) is 9.55. The van der Waals surface area contributed by atoms with Gasteiger partial charge in [0.25, 0.3) is 0 Å². The lowest BCUT2D eigenvalue weighted by Gasteiger charge is -2.36. The number of carbonyl (C=O) groups is 3. The van der Waals surface area contributed by atoms with E-state index in [2.05, 4.69) is 137 Å². The number of amides is 2. The third-order valence-electron chi connectivity index (χ3n) is 13.6. The van der Waals surface area contributed by atoms with E-state index < -0.39 is 0 Å². The van der Waals surface area contributed by atoms with Crippen LogP contribution in [0.5, 0.6) is 0 Å². The third kappa shape index (κ3) is 19.2.